The Bertz CT molecular complexity index is 662. The van der Waals surface area contributed by atoms with Crippen molar-refractivity contribution >= 4 is 29.0 Å². The summed E-state index contributed by atoms with van der Waals surface area (Å²) in [6, 6.07) is 6.91. The maximum Gasteiger partial charge on any atom is 0.343 e. The molecule has 7 nitrogen and oxygen atoms in total. The second-order valence-corrected chi connectivity index (χ2v) is 5.36. The molecule has 0 spiro atoms. The normalized spacial score (nSPS) is 10.5. The monoisotopic (exact) mass is 307 g/mol. The van der Waals surface area contributed by atoms with Gasteiger partial charge in [0, 0.05) is 17.9 Å². The van der Waals surface area contributed by atoms with E-state index in [2.05, 4.69) is 15.5 Å². The number of H-pyrrole nitrogens is 1. The molecule has 0 saturated carbocycles. The summed E-state index contributed by atoms with van der Waals surface area (Å²) in [6.07, 6.45) is 0.824. The summed E-state index contributed by atoms with van der Waals surface area (Å²) >= 11 is 1.22. The van der Waals surface area contributed by atoms with Gasteiger partial charge in [-0.1, -0.05) is 18.7 Å². The Labute approximate surface area is 125 Å². The van der Waals surface area contributed by atoms with Crippen LogP contribution in [0.5, 0.6) is 0 Å². The number of nitrogens with one attached hydrogen (secondary N) is 2. The number of nitrogen functional groups attached to an aromatic ring is 1. The van der Waals surface area contributed by atoms with Crippen molar-refractivity contribution in [3.8, 4) is 0 Å². The number of nitrogens with two attached hydrogens (primary N) is 1. The van der Waals surface area contributed by atoms with Gasteiger partial charge < -0.3 is 11.1 Å². The minimum absolute atomic E-state index is 0.164. The van der Waals surface area contributed by atoms with Crippen LogP contribution in [0.1, 0.15) is 13.3 Å². The van der Waals surface area contributed by atoms with Crippen molar-refractivity contribution < 1.29 is 4.79 Å². The predicted octanol–water partition coefficient (Wildman–Crippen LogP) is 1.29. The lowest BCUT2D eigenvalue weighted by Crippen LogP contribution is -2.18. The largest absolute Gasteiger partial charge is 0.399 e. The molecule has 8 heteroatoms. The van der Waals surface area contributed by atoms with E-state index in [1.54, 1.807) is 24.3 Å². The number of aromatic amines is 1. The lowest BCUT2D eigenvalue weighted by atomic mass is 10.3. The van der Waals surface area contributed by atoms with E-state index >= 15 is 0 Å². The predicted molar refractivity (Wildman–Crippen MR) is 83.3 cm³/mol. The van der Waals surface area contributed by atoms with Crippen molar-refractivity contribution in [2.75, 3.05) is 16.8 Å². The Morgan fingerprint density at radius 2 is 2.14 bits per heavy atom. The number of carbonyl (C=O) groups is 1. The average molecular weight is 307 g/mol. The van der Waals surface area contributed by atoms with Gasteiger partial charge in [0.15, 0.2) is 5.16 Å². The number of hydrogen-bond acceptors (Lipinski definition) is 5. The van der Waals surface area contributed by atoms with E-state index < -0.39 is 0 Å². The van der Waals surface area contributed by atoms with Crippen LogP contribution in [-0.4, -0.2) is 26.4 Å². The van der Waals surface area contributed by atoms with Crippen LogP contribution < -0.4 is 16.7 Å². The lowest BCUT2D eigenvalue weighted by Gasteiger charge is -2.06. The Morgan fingerprint density at radius 1 is 1.43 bits per heavy atom. The number of aromatic nitrogens is 3. The molecule has 0 saturated heterocycles. The molecule has 0 bridgehead atoms. The second kappa shape index (κ2) is 6.98. The average Bonchev–Trinajstić information content (AvgIpc) is 2.81. The number of carbonyl (C=O) groups excluding carboxylic acids is 1. The van der Waals surface area contributed by atoms with Crippen LogP contribution in [-0.2, 0) is 11.3 Å². The molecule has 1 heterocycles. The van der Waals surface area contributed by atoms with Gasteiger partial charge in [0.1, 0.15) is 0 Å². The van der Waals surface area contributed by atoms with E-state index in [-0.39, 0.29) is 17.3 Å². The molecule has 0 radical (unpaired) electrons. The van der Waals surface area contributed by atoms with Gasteiger partial charge in [0.2, 0.25) is 5.91 Å². The van der Waals surface area contributed by atoms with Crippen molar-refractivity contribution in [2.24, 2.45) is 0 Å². The van der Waals surface area contributed by atoms with E-state index in [1.807, 2.05) is 6.92 Å². The minimum Gasteiger partial charge on any atom is -0.399 e. The molecule has 0 aliphatic carbocycles. The highest BCUT2D eigenvalue weighted by Gasteiger charge is 2.10. The maximum atomic E-state index is 11.9. The summed E-state index contributed by atoms with van der Waals surface area (Å²) in [5.41, 5.74) is 6.65. The summed E-state index contributed by atoms with van der Waals surface area (Å²) in [5.74, 6) is 0.0153. The summed E-state index contributed by atoms with van der Waals surface area (Å²) in [5, 5.41) is 9.59. The van der Waals surface area contributed by atoms with Gasteiger partial charge in [-0.15, -0.1) is 5.10 Å². The van der Waals surface area contributed by atoms with E-state index in [0.29, 0.717) is 23.1 Å². The smallest absolute Gasteiger partial charge is 0.343 e. The quantitative estimate of drug-likeness (QED) is 0.551. The van der Waals surface area contributed by atoms with Crippen LogP contribution in [0.3, 0.4) is 0 Å². The third-order valence-corrected chi connectivity index (χ3v) is 3.67. The van der Waals surface area contributed by atoms with E-state index in [9.17, 15) is 9.59 Å². The van der Waals surface area contributed by atoms with Crippen molar-refractivity contribution in [3.05, 3.63) is 34.7 Å². The van der Waals surface area contributed by atoms with Gasteiger partial charge in [-0.05, 0) is 30.7 Å². The SMILES string of the molecule is CCCn1c(SCC(=O)Nc2ccc(N)cc2)n[nH]c1=O. The van der Waals surface area contributed by atoms with Crippen LogP contribution in [0.15, 0.2) is 34.2 Å². The fourth-order valence-electron chi connectivity index (χ4n) is 1.73. The van der Waals surface area contributed by atoms with Gasteiger partial charge in [-0.3, -0.25) is 9.36 Å². The molecule has 2 aromatic rings. The number of benzene rings is 1. The van der Waals surface area contributed by atoms with Crippen molar-refractivity contribution in [2.45, 2.75) is 25.0 Å². The van der Waals surface area contributed by atoms with E-state index in [4.69, 9.17) is 5.73 Å². The van der Waals surface area contributed by atoms with E-state index in [1.165, 1.54) is 16.3 Å². The molecule has 0 aliphatic rings. The molecular weight excluding hydrogens is 290 g/mol. The molecule has 0 atom stereocenters. The number of anilines is 2. The Balaban J connectivity index is 1.92. The first-order valence-corrected chi connectivity index (χ1v) is 7.52. The minimum atomic E-state index is -0.252. The fourth-order valence-corrected chi connectivity index (χ4v) is 2.50. The van der Waals surface area contributed by atoms with Gasteiger partial charge in [0.25, 0.3) is 0 Å². The van der Waals surface area contributed by atoms with Crippen LogP contribution in [0.4, 0.5) is 11.4 Å². The number of nitrogens with zero attached hydrogens (tertiary/aromatic N) is 2. The summed E-state index contributed by atoms with van der Waals surface area (Å²) in [7, 11) is 0. The van der Waals surface area contributed by atoms with Gasteiger partial charge in [-0.25, -0.2) is 9.89 Å². The highest BCUT2D eigenvalue weighted by molar-refractivity contribution is 7.99. The molecule has 1 aromatic heterocycles. The fraction of sp³-hybridized carbons (Fsp3) is 0.308. The van der Waals surface area contributed by atoms with Crippen LogP contribution in [0.2, 0.25) is 0 Å². The molecule has 21 heavy (non-hydrogen) atoms. The van der Waals surface area contributed by atoms with Crippen molar-refractivity contribution in [3.63, 3.8) is 0 Å². The Hall–Kier alpha value is -2.22. The summed E-state index contributed by atoms with van der Waals surface area (Å²) in [4.78, 5) is 23.4. The topological polar surface area (TPSA) is 106 Å². The zero-order chi connectivity index (χ0) is 15.2. The number of thioether (sulfide) groups is 1. The molecule has 0 fully saturated rings. The first-order valence-electron chi connectivity index (χ1n) is 6.53. The van der Waals surface area contributed by atoms with Crippen molar-refractivity contribution in [1.82, 2.24) is 14.8 Å². The first-order chi connectivity index (χ1) is 10.1. The first kappa shape index (κ1) is 15.2. The van der Waals surface area contributed by atoms with Crippen LogP contribution in [0.25, 0.3) is 0 Å². The highest BCUT2D eigenvalue weighted by Crippen LogP contribution is 2.15. The molecule has 0 unspecified atom stereocenters. The number of hydrogen-bond donors (Lipinski definition) is 3. The number of amides is 1. The zero-order valence-electron chi connectivity index (χ0n) is 11.6. The molecule has 4 N–H and O–H groups in total. The summed E-state index contributed by atoms with van der Waals surface area (Å²) < 4.78 is 1.53. The Morgan fingerprint density at radius 3 is 2.81 bits per heavy atom. The second-order valence-electron chi connectivity index (χ2n) is 4.42. The molecule has 1 aromatic carbocycles. The van der Waals surface area contributed by atoms with Crippen LogP contribution >= 0.6 is 11.8 Å². The molecule has 2 rings (SSSR count). The highest BCUT2D eigenvalue weighted by atomic mass is 32.2. The number of rotatable bonds is 6. The van der Waals surface area contributed by atoms with Crippen molar-refractivity contribution in [1.29, 1.82) is 0 Å². The molecule has 1 amide bonds. The van der Waals surface area contributed by atoms with Gasteiger partial charge in [0.05, 0.1) is 5.75 Å². The molecule has 112 valence electrons. The van der Waals surface area contributed by atoms with Gasteiger partial charge in [-0.2, -0.15) is 0 Å². The zero-order valence-corrected chi connectivity index (χ0v) is 12.4. The third-order valence-electron chi connectivity index (χ3n) is 2.70. The Kier molecular flexibility index (Phi) is 5.04. The van der Waals surface area contributed by atoms with E-state index in [0.717, 1.165) is 6.42 Å². The lowest BCUT2D eigenvalue weighted by molar-refractivity contribution is -0.113. The third kappa shape index (κ3) is 4.12. The standard InChI is InChI=1S/C13H17N5O2S/c1-2-7-18-12(20)16-17-13(18)21-8-11(19)15-10-5-3-9(14)4-6-10/h3-6H,2,7-8,14H2,1H3,(H,15,19)(H,16,20). The van der Waals surface area contributed by atoms with Crippen LogP contribution in [0, 0.1) is 0 Å². The molecular formula is C13H17N5O2S. The maximum absolute atomic E-state index is 11.9. The summed E-state index contributed by atoms with van der Waals surface area (Å²) in [6.45, 7) is 2.55. The molecule has 0 aliphatic heterocycles. The van der Waals surface area contributed by atoms with Gasteiger partial charge >= 0.3 is 5.69 Å².